The molecule has 4 bridgehead atoms. The van der Waals surface area contributed by atoms with Gasteiger partial charge in [0.15, 0.2) is 12.2 Å². The largest absolute Gasteiger partial charge is 0.444 e. The lowest BCUT2D eigenvalue weighted by atomic mass is 10.00. The Balaban J connectivity index is 0.000000169. The minimum Gasteiger partial charge on any atom is -0.444 e. The number of benzene rings is 5. The van der Waals surface area contributed by atoms with Crippen molar-refractivity contribution in [2.75, 3.05) is 51.5 Å². The molecule has 0 aliphatic carbocycles. The summed E-state index contributed by atoms with van der Waals surface area (Å²) in [6, 6.07) is 29.5. The molecule has 0 spiro atoms. The number of rotatable bonds is 4. The van der Waals surface area contributed by atoms with Crippen molar-refractivity contribution in [2.45, 2.75) is 37.3 Å². The molecule has 2 N–H and O–H groups in total. The molecule has 2 saturated heterocycles. The van der Waals surface area contributed by atoms with Crippen LogP contribution in [0.15, 0.2) is 126 Å². The van der Waals surface area contributed by atoms with E-state index in [1.54, 1.807) is 35.4 Å². The molecule has 5 aromatic carbocycles. The highest BCUT2D eigenvalue weighted by Gasteiger charge is 2.40. The van der Waals surface area contributed by atoms with Gasteiger partial charge in [0.25, 0.3) is 0 Å². The highest BCUT2D eigenvalue weighted by atomic mass is 19.4. The van der Waals surface area contributed by atoms with Crippen LogP contribution in [0.1, 0.15) is 24.0 Å². The first-order valence-corrected chi connectivity index (χ1v) is 18.9. The molecule has 8 nitrogen and oxygen atoms in total. The van der Waals surface area contributed by atoms with Crippen LogP contribution in [0, 0.1) is 0 Å². The fourth-order valence-corrected chi connectivity index (χ4v) is 8.27. The number of hydrogen-bond acceptors (Lipinski definition) is 6. The molecule has 296 valence electrons. The Morgan fingerprint density at radius 2 is 1.29 bits per heavy atom. The molecule has 58 heavy (non-hydrogen) atoms. The van der Waals surface area contributed by atoms with E-state index in [1.165, 1.54) is 24.6 Å². The van der Waals surface area contributed by atoms with Gasteiger partial charge in [-0.05, 0) is 95.8 Å². The number of aromatic nitrogens is 1. The molecule has 2 atom stereocenters. The predicted molar refractivity (Wildman–Crippen MR) is 212 cm³/mol. The zero-order chi connectivity index (χ0) is 40.2. The Morgan fingerprint density at radius 1 is 0.672 bits per heavy atom. The standard InChI is InChI=1S/C27H21F3N4O2.C17H15F3N2/c28-27(29,30)20-5-1-3-17(11-20)18-7-8-23-24(13-18)34(22-9-10-33(23)15-22)26(35)32-21-6-2-4-19(12-21)25-14-31-16-36-25;18-17(19,20)13-3-1-2-11(8-13)12-4-5-16-15(9-12)21-14-6-7-22(16)10-14/h1-8,11-14,16,22H,9-10,15H2,(H,32,35);1-5,8-9,14,21H,6-7,10H2/t22-;14-/m00/s1. The summed E-state index contributed by atoms with van der Waals surface area (Å²) in [4.78, 5) is 23.8. The Hall–Kier alpha value is -6.44. The maximum atomic E-state index is 13.6. The van der Waals surface area contributed by atoms with Crippen molar-refractivity contribution in [3.05, 3.63) is 133 Å². The molecular formula is C44H36F6N6O2. The average molecular weight is 795 g/mol. The lowest BCUT2D eigenvalue weighted by molar-refractivity contribution is -0.138. The Morgan fingerprint density at radius 3 is 1.98 bits per heavy atom. The minimum atomic E-state index is -4.43. The van der Waals surface area contributed by atoms with Gasteiger partial charge in [0.2, 0.25) is 0 Å². The number of fused-ring (bicyclic) bond motifs is 8. The normalized spacial score (nSPS) is 17.9. The molecule has 14 heteroatoms. The molecule has 4 aliphatic rings. The van der Waals surface area contributed by atoms with Gasteiger partial charge in [-0.3, -0.25) is 4.90 Å². The average Bonchev–Trinajstić information content (AvgIpc) is 3.99. The first kappa shape index (κ1) is 37.2. The zero-order valence-corrected chi connectivity index (χ0v) is 30.8. The Labute approximate surface area is 329 Å². The summed E-state index contributed by atoms with van der Waals surface area (Å²) in [5.41, 5.74) is 6.26. The summed E-state index contributed by atoms with van der Waals surface area (Å²) in [6.07, 6.45) is -3.88. The maximum Gasteiger partial charge on any atom is 0.416 e. The number of amides is 2. The molecule has 4 aliphatic heterocycles. The summed E-state index contributed by atoms with van der Waals surface area (Å²) in [6.45, 7) is 3.57. The van der Waals surface area contributed by atoms with Crippen LogP contribution in [0.2, 0.25) is 0 Å². The number of nitrogens with zero attached hydrogens (tertiary/aromatic N) is 4. The quantitative estimate of drug-likeness (QED) is 0.173. The second-order valence-corrected chi connectivity index (χ2v) is 14.8. The SMILES string of the molecule is FC(F)(F)c1cccc(-c2ccc3c(c2)N[C@H]2CCN3C2)c1.O=C(Nc1cccc(-c2cnco2)c1)N1c2cc(-c3cccc(C(F)(F)F)c3)ccc2N2CC[C@H]1C2. The monoisotopic (exact) mass is 794 g/mol. The van der Waals surface area contributed by atoms with E-state index in [0.29, 0.717) is 46.4 Å². The number of hydrogen-bond donors (Lipinski definition) is 2. The van der Waals surface area contributed by atoms with Gasteiger partial charge in [-0.2, -0.15) is 26.3 Å². The third-order valence-electron chi connectivity index (χ3n) is 11.1. The van der Waals surface area contributed by atoms with Crippen molar-refractivity contribution < 1.29 is 35.6 Å². The van der Waals surface area contributed by atoms with E-state index in [2.05, 4.69) is 25.4 Å². The van der Waals surface area contributed by atoms with Crippen LogP contribution in [0.3, 0.4) is 0 Å². The first-order chi connectivity index (χ1) is 27.9. The van der Waals surface area contributed by atoms with Crippen LogP contribution in [-0.2, 0) is 12.4 Å². The van der Waals surface area contributed by atoms with Gasteiger partial charge >= 0.3 is 18.4 Å². The van der Waals surface area contributed by atoms with Gasteiger partial charge in [-0.15, -0.1) is 0 Å². The molecule has 10 rings (SSSR count). The second-order valence-electron chi connectivity index (χ2n) is 14.8. The molecule has 2 amide bonds. The highest BCUT2D eigenvalue weighted by molar-refractivity contribution is 6.06. The van der Waals surface area contributed by atoms with E-state index in [9.17, 15) is 31.1 Å². The summed E-state index contributed by atoms with van der Waals surface area (Å²) < 4.78 is 83.8. The molecule has 0 radical (unpaired) electrons. The third-order valence-corrected chi connectivity index (χ3v) is 11.1. The van der Waals surface area contributed by atoms with E-state index < -0.39 is 23.5 Å². The van der Waals surface area contributed by atoms with Crippen LogP contribution >= 0.6 is 0 Å². The molecule has 6 aromatic rings. The van der Waals surface area contributed by atoms with Crippen LogP contribution in [0.5, 0.6) is 0 Å². The summed E-state index contributed by atoms with van der Waals surface area (Å²) in [5, 5.41) is 6.46. The maximum absolute atomic E-state index is 13.6. The van der Waals surface area contributed by atoms with Gasteiger partial charge in [-0.1, -0.05) is 48.5 Å². The van der Waals surface area contributed by atoms with Crippen molar-refractivity contribution in [3.63, 3.8) is 0 Å². The highest BCUT2D eigenvalue weighted by Crippen LogP contribution is 2.44. The van der Waals surface area contributed by atoms with Crippen molar-refractivity contribution in [1.82, 2.24) is 4.98 Å². The van der Waals surface area contributed by atoms with Gasteiger partial charge in [0.05, 0.1) is 46.1 Å². The molecule has 1 aromatic heterocycles. The fraction of sp³-hybridized carbons (Fsp3) is 0.227. The van der Waals surface area contributed by atoms with Crippen LogP contribution in [0.4, 0.5) is 59.6 Å². The van der Waals surface area contributed by atoms with Crippen molar-refractivity contribution >= 4 is 34.5 Å². The summed E-state index contributed by atoms with van der Waals surface area (Å²) >= 11 is 0. The number of carbonyl (C=O) groups excluding carboxylic acids is 1. The number of nitrogens with one attached hydrogen (secondary N) is 2. The van der Waals surface area contributed by atoms with Gasteiger partial charge in [0, 0.05) is 43.5 Å². The van der Waals surface area contributed by atoms with Gasteiger partial charge < -0.3 is 24.9 Å². The number of alkyl halides is 6. The Bertz CT molecular complexity index is 2490. The van der Waals surface area contributed by atoms with Crippen LogP contribution in [0.25, 0.3) is 33.6 Å². The van der Waals surface area contributed by atoms with Crippen LogP contribution < -0.4 is 25.3 Å². The third kappa shape index (κ3) is 7.30. The van der Waals surface area contributed by atoms with E-state index in [-0.39, 0.29) is 12.1 Å². The molecular weight excluding hydrogens is 759 g/mol. The minimum absolute atomic E-state index is 0.0354. The molecule has 5 heterocycles. The summed E-state index contributed by atoms with van der Waals surface area (Å²) in [5.74, 6) is 0.589. The lowest BCUT2D eigenvalue weighted by Crippen LogP contribution is -2.47. The van der Waals surface area contributed by atoms with Gasteiger partial charge in [-0.25, -0.2) is 9.78 Å². The van der Waals surface area contributed by atoms with Crippen molar-refractivity contribution in [1.29, 1.82) is 0 Å². The van der Waals surface area contributed by atoms with E-state index in [1.807, 2.05) is 48.5 Å². The van der Waals surface area contributed by atoms with Crippen molar-refractivity contribution in [3.8, 4) is 33.6 Å². The Kier molecular flexibility index (Phi) is 9.29. The molecule has 2 fully saturated rings. The number of oxazole rings is 1. The first-order valence-electron chi connectivity index (χ1n) is 18.9. The fourth-order valence-electron chi connectivity index (χ4n) is 8.27. The second kappa shape index (κ2) is 14.5. The summed E-state index contributed by atoms with van der Waals surface area (Å²) in [7, 11) is 0. The van der Waals surface area contributed by atoms with E-state index >= 15 is 0 Å². The van der Waals surface area contributed by atoms with Crippen LogP contribution in [-0.4, -0.2) is 49.3 Å². The molecule has 0 saturated carbocycles. The topological polar surface area (TPSA) is 76.9 Å². The molecule has 0 unspecified atom stereocenters. The van der Waals surface area contributed by atoms with E-state index in [0.717, 1.165) is 78.9 Å². The number of halogens is 6. The smallest absolute Gasteiger partial charge is 0.416 e. The van der Waals surface area contributed by atoms with Gasteiger partial charge in [0.1, 0.15) is 0 Å². The number of urea groups is 1. The van der Waals surface area contributed by atoms with Crippen molar-refractivity contribution in [2.24, 2.45) is 0 Å². The predicted octanol–water partition coefficient (Wildman–Crippen LogP) is 11.0. The van der Waals surface area contributed by atoms with E-state index in [4.69, 9.17) is 4.42 Å². The number of carbonyl (C=O) groups is 1. The lowest BCUT2D eigenvalue weighted by Gasteiger charge is -2.37. The zero-order valence-electron chi connectivity index (χ0n) is 30.8. The number of anilines is 5.